The van der Waals surface area contributed by atoms with Crippen LogP contribution in [0.5, 0.6) is 0 Å². The van der Waals surface area contributed by atoms with Crippen molar-refractivity contribution in [3.05, 3.63) is 46.3 Å². The second kappa shape index (κ2) is 5.01. The van der Waals surface area contributed by atoms with Crippen LogP contribution in [0, 0.1) is 0 Å². The van der Waals surface area contributed by atoms with E-state index in [-0.39, 0.29) is 6.04 Å². The van der Waals surface area contributed by atoms with Crippen molar-refractivity contribution in [2.24, 2.45) is 5.11 Å². The number of azide groups is 1. The number of likely N-dealkylation sites (tertiary alicyclic amines) is 1. The number of hydrogen-bond donors (Lipinski definition) is 0. The molecule has 0 saturated carbocycles. The van der Waals surface area contributed by atoms with Crippen molar-refractivity contribution >= 4 is 0 Å². The summed E-state index contributed by atoms with van der Waals surface area (Å²) in [6.45, 7) is 4.09. The molecule has 4 nitrogen and oxygen atoms in total. The van der Waals surface area contributed by atoms with E-state index in [2.05, 4.69) is 46.1 Å². The molecule has 1 aliphatic rings. The second-order valence-corrected chi connectivity index (χ2v) is 4.23. The molecule has 0 radical (unpaired) electrons. The van der Waals surface area contributed by atoms with Gasteiger partial charge in [-0.05, 0) is 31.0 Å². The Morgan fingerprint density at radius 3 is 2.88 bits per heavy atom. The van der Waals surface area contributed by atoms with Gasteiger partial charge in [0, 0.05) is 17.5 Å². The van der Waals surface area contributed by atoms with Gasteiger partial charge in [-0.15, -0.1) is 0 Å². The van der Waals surface area contributed by atoms with Crippen LogP contribution in [0.25, 0.3) is 10.4 Å². The minimum atomic E-state index is 0.149. The fourth-order valence-electron chi connectivity index (χ4n) is 2.23. The van der Waals surface area contributed by atoms with Crippen LogP contribution < -0.4 is 0 Å². The van der Waals surface area contributed by atoms with Crippen LogP contribution in [-0.2, 0) is 0 Å². The Balaban J connectivity index is 2.02. The molecule has 1 fully saturated rings. The molecule has 0 spiro atoms. The maximum Gasteiger partial charge on any atom is 0.0513 e. The van der Waals surface area contributed by atoms with E-state index in [1.165, 1.54) is 5.56 Å². The third-order valence-corrected chi connectivity index (χ3v) is 3.24. The molecule has 1 aromatic rings. The Hall–Kier alpha value is -1.51. The van der Waals surface area contributed by atoms with E-state index >= 15 is 0 Å². The van der Waals surface area contributed by atoms with Gasteiger partial charge in [-0.1, -0.05) is 35.4 Å². The average Bonchev–Trinajstić information content (AvgIpc) is 2.78. The molecular formula is C12H16N4. The molecule has 1 aliphatic heterocycles. The molecule has 2 atom stereocenters. The lowest BCUT2D eigenvalue weighted by molar-refractivity contribution is 0.260. The molecule has 1 aromatic carbocycles. The molecule has 0 amide bonds. The Labute approximate surface area is 95.5 Å². The van der Waals surface area contributed by atoms with Crippen LogP contribution in [0.15, 0.2) is 35.4 Å². The predicted octanol–water partition coefficient (Wildman–Crippen LogP) is 3.13. The smallest absolute Gasteiger partial charge is 0.0513 e. The normalized spacial score (nSPS) is 22.7. The molecule has 0 aromatic heterocycles. The Morgan fingerprint density at radius 1 is 1.44 bits per heavy atom. The predicted molar refractivity (Wildman–Crippen MR) is 64.0 cm³/mol. The highest BCUT2D eigenvalue weighted by Crippen LogP contribution is 2.25. The van der Waals surface area contributed by atoms with E-state index < -0.39 is 0 Å². The first kappa shape index (κ1) is 11.0. The Kier molecular flexibility index (Phi) is 3.44. The van der Waals surface area contributed by atoms with Gasteiger partial charge in [0.05, 0.1) is 6.04 Å². The van der Waals surface area contributed by atoms with E-state index in [1.54, 1.807) is 0 Å². The van der Waals surface area contributed by atoms with E-state index in [0.717, 1.165) is 19.5 Å². The van der Waals surface area contributed by atoms with Crippen LogP contribution >= 0.6 is 0 Å². The van der Waals surface area contributed by atoms with Crippen molar-refractivity contribution in [1.29, 1.82) is 0 Å². The summed E-state index contributed by atoms with van der Waals surface area (Å²) >= 11 is 0. The molecule has 16 heavy (non-hydrogen) atoms. The van der Waals surface area contributed by atoms with E-state index in [4.69, 9.17) is 5.53 Å². The van der Waals surface area contributed by atoms with Crippen LogP contribution in [-0.4, -0.2) is 24.0 Å². The first-order valence-electron chi connectivity index (χ1n) is 5.64. The molecule has 2 rings (SSSR count). The average molecular weight is 216 g/mol. The SMILES string of the molecule is C[C@@H](c1ccccc1)N1CC[C@@H](N=[N+]=[N-])C1. The lowest BCUT2D eigenvalue weighted by atomic mass is 10.1. The van der Waals surface area contributed by atoms with E-state index in [9.17, 15) is 0 Å². The van der Waals surface area contributed by atoms with Gasteiger partial charge in [0.15, 0.2) is 0 Å². The topological polar surface area (TPSA) is 52.0 Å². The van der Waals surface area contributed by atoms with Gasteiger partial charge < -0.3 is 0 Å². The van der Waals surface area contributed by atoms with Crippen molar-refractivity contribution in [1.82, 2.24) is 4.90 Å². The van der Waals surface area contributed by atoms with E-state index in [0.29, 0.717) is 6.04 Å². The summed E-state index contributed by atoms with van der Waals surface area (Å²) in [6, 6.07) is 11.0. The fourth-order valence-corrected chi connectivity index (χ4v) is 2.23. The fraction of sp³-hybridized carbons (Fsp3) is 0.500. The third-order valence-electron chi connectivity index (χ3n) is 3.24. The zero-order valence-electron chi connectivity index (χ0n) is 9.45. The van der Waals surface area contributed by atoms with Crippen molar-refractivity contribution in [3.63, 3.8) is 0 Å². The van der Waals surface area contributed by atoms with Crippen LogP contribution in [0.3, 0.4) is 0 Å². The maximum atomic E-state index is 8.41. The Bertz CT molecular complexity index is 383. The third kappa shape index (κ3) is 2.35. The minimum absolute atomic E-state index is 0.149. The quantitative estimate of drug-likeness (QED) is 0.435. The monoisotopic (exact) mass is 216 g/mol. The molecular weight excluding hydrogens is 200 g/mol. The van der Waals surface area contributed by atoms with Gasteiger partial charge in [0.1, 0.15) is 0 Å². The van der Waals surface area contributed by atoms with Gasteiger partial charge in [-0.2, -0.15) is 0 Å². The van der Waals surface area contributed by atoms with Crippen molar-refractivity contribution in [2.45, 2.75) is 25.4 Å². The van der Waals surface area contributed by atoms with Crippen molar-refractivity contribution in [3.8, 4) is 0 Å². The zero-order valence-corrected chi connectivity index (χ0v) is 9.45. The highest BCUT2D eigenvalue weighted by molar-refractivity contribution is 5.18. The molecule has 0 unspecified atom stereocenters. The highest BCUT2D eigenvalue weighted by atomic mass is 15.2. The summed E-state index contributed by atoms with van der Waals surface area (Å²) in [7, 11) is 0. The Morgan fingerprint density at radius 2 is 2.19 bits per heavy atom. The summed E-state index contributed by atoms with van der Waals surface area (Å²) in [5, 5.41) is 3.79. The first-order chi connectivity index (χ1) is 7.81. The zero-order chi connectivity index (χ0) is 11.4. The van der Waals surface area contributed by atoms with Gasteiger partial charge in [-0.3, -0.25) is 4.90 Å². The minimum Gasteiger partial charge on any atom is -0.296 e. The molecule has 1 saturated heterocycles. The van der Waals surface area contributed by atoms with Crippen LogP contribution in [0.2, 0.25) is 0 Å². The molecule has 4 heteroatoms. The van der Waals surface area contributed by atoms with Gasteiger partial charge in [0.25, 0.3) is 0 Å². The largest absolute Gasteiger partial charge is 0.296 e. The molecule has 0 N–H and O–H groups in total. The summed E-state index contributed by atoms with van der Waals surface area (Å²) < 4.78 is 0. The summed E-state index contributed by atoms with van der Waals surface area (Å²) in [4.78, 5) is 5.25. The molecule has 1 heterocycles. The van der Waals surface area contributed by atoms with Gasteiger partial charge in [0.2, 0.25) is 0 Å². The number of benzene rings is 1. The lowest BCUT2D eigenvalue weighted by Gasteiger charge is -2.24. The standard InChI is InChI=1S/C12H16N4/c1-10(11-5-3-2-4-6-11)16-8-7-12(9-16)14-15-13/h2-6,10,12H,7-9H2,1H3/t10-,12+/m0/s1. The summed E-state index contributed by atoms with van der Waals surface area (Å²) in [5.74, 6) is 0. The first-order valence-corrected chi connectivity index (χ1v) is 5.64. The van der Waals surface area contributed by atoms with Crippen molar-refractivity contribution in [2.75, 3.05) is 13.1 Å². The van der Waals surface area contributed by atoms with Gasteiger partial charge in [-0.25, -0.2) is 0 Å². The number of rotatable bonds is 3. The molecule has 0 bridgehead atoms. The lowest BCUT2D eigenvalue weighted by Crippen LogP contribution is -2.25. The van der Waals surface area contributed by atoms with E-state index in [1.807, 2.05) is 6.07 Å². The summed E-state index contributed by atoms with van der Waals surface area (Å²) in [6.07, 6.45) is 0.973. The highest BCUT2D eigenvalue weighted by Gasteiger charge is 2.25. The van der Waals surface area contributed by atoms with Crippen molar-refractivity contribution < 1.29 is 0 Å². The maximum absolute atomic E-state index is 8.41. The van der Waals surface area contributed by atoms with Crippen LogP contribution in [0.1, 0.15) is 24.9 Å². The number of nitrogens with zero attached hydrogens (tertiary/aromatic N) is 4. The second-order valence-electron chi connectivity index (χ2n) is 4.23. The molecule has 0 aliphatic carbocycles. The number of hydrogen-bond acceptors (Lipinski definition) is 2. The van der Waals surface area contributed by atoms with Gasteiger partial charge >= 0.3 is 0 Å². The van der Waals surface area contributed by atoms with Crippen LogP contribution in [0.4, 0.5) is 0 Å². The summed E-state index contributed by atoms with van der Waals surface area (Å²) in [5.41, 5.74) is 9.73. The molecule has 84 valence electrons.